The molecule has 84 valence electrons. The lowest BCUT2D eigenvalue weighted by molar-refractivity contribution is 0.142. The standard InChI is InChI=1S/C12H25NO/c1-4-12(3,9-14)13-11-7-5-10(2)6-8-11/h10-11,13-14H,4-9H2,1-3H3. The predicted octanol–water partition coefficient (Wildman–Crippen LogP) is 2.32. The number of rotatable bonds is 4. The summed E-state index contributed by atoms with van der Waals surface area (Å²) in [5.41, 5.74) is -0.0642. The van der Waals surface area contributed by atoms with Gasteiger partial charge in [0.1, 0.15) is 0 Å². The molecule has 14 heavy (non-hydrogen) atoms. The van der Waals surface area contributed by atoms with Crippen LogP contribution in [0.5, 0.6) is 0 Å². The summed E-state index contributed by atoms with van der Waals surface area (Å²) in [4.78, 5) is 0. The molecular formula is C12H25NO. The van der Waals surface area contributed by atoms with E-state index in [1.165, 1.54) is 25.7 Å². The van der Waals surface area contributed by atoms with Crippen LogP contribution in [0.25, 0.3) is 0 Å². The van der Waals surface area contributed by atoms with E-state index in [-0.39, 0.29) is 12.1 Å². The van der Waals surface area contributed by atoms with Crippen LogP contribution in [-0.4, -0.2) is 23.3 Å². The first-order valence-corrected chi connectivity index (χ1v) is 5.98. The zero-order valence-electron chi connectivity index (χ0n) is 9.84. The van der Waals surface area contributed by atoms with E-state index < -0.39 is 0 Å². The maximum absolute atomic E-state index is 9.31. The van der Waals surface area contributed by atoms with Crippen LogP contribution in [0.15, 0.2) is 0 Å². The predicted molar refractivity (Wildman–Crippen MR) is 60.3 cm³/mol. The highest BCUT2D eigenvalue weighted by Crippen LogP contribution is 2.25. The van der Waals surface area contributed by atoms with Crippen LogP contribution < -0.4 is 5.32 Å². The van der Waals surface area contributed by atoms with Crippen LogP contribution in [0.2, 0.25) is 0 Å². The summed E-state index contributed by atoms with van der Waals surface area (Å²) < 4.78 is 0. The fourth-order valence-corrected chi connectivity index (χ4v) is 2.16. The van der Waals surface area contributed by atoms with Gasteiger partial charge in [0.15, 0.2) is 0 Å². The SMILES string of the molecule is CCC(C)(CO)NC1CCC(C)CC1. The minimum Gasteiger partial charge on any atom is -0.394 e. The second kappa shape index (κ2) is 5.13. The van der Waals surface area contributed by atoms with Crippen molar-refractivity contribution in [3.63, 3.8) is 0 Å². The van der Waals surface area contributed by atoms with Crippen LogP contribution in [0.3, 0.4) is 0 Å². The van der Waals surface area contributed by atoms with E-state index in [1.54, 1.807) is 0 Å². The van der Waals surface area contributed by atoms with Gasteiger partial charge in [-0.15, -0.1) is 0 Å². The Balaban J connectivity index is 2.36. The maximum atomic E-state index is 9.31. The molecule has 2 heteroatoms. The molecule has 0 aromatic heterocycles. The first-order valence-electron chi connectivity index (χ1n) is 5.98. The van der Waals surface area contributed by atoms with Crippen LogP contribution in [0.4, 0.5) is 0 Å². The maximum Gasteiger partial charge on any atom is 0.0610 e. The smallest absolute Gasteiger partial charge is 0.0610 e. The Bertz CT molecular complexity index is 158. The van der Waals surface area contributed by atoms with Crippen molar-refractivity contribution >= 4 is 0 Å². The fraction of sp³-hybridized carbons (Fsp3) is 1.00. The van der Waals surface area contributed by atoms with E-state index in [2.05, 4.69) is 26.1 Å². The topological polar surface area (TPSA) is 32.3 Å². The minimum absolute atomic E-state index is 0.0642. The molecule has 0 aromatic carbocycles. The molecule has 0 spiro atoms. The van der Waals surface area contributed by atoms with Crippen molar-refractivity contribution in [3.8, 4) is 0 Å². The van der Waals surface area contributed by atoms with Gasteiger partial charge in [-0.3, -0.25) is 0 Å². The van der Waals surface area contributed by atoms with E-state index in [0.29, 0.717) is 6.04 Å². The molecule has 0 heterocycles. The van der Waals surface area contributed by atoms with Crippen molar-refractivity contribution in [1.82, 2.24) is 5.32 Å². The summed E-state index contributed by atoms with van der Waals surface area (Å²) >= 11 is 0. The van der Waals surface area contributed by atoms with Gasteiger partial charge in [-0.25, -0.2) is 0 Å². The fourth-order valence-electron chi connectivity index (χ4n) is 2.16. The van der Waals surface area contributed by atoms with Crippen molar-refractivity contribution in [2.24, 2.45) is 5.92 Å². The molecule has 0 aromatic rings. The Kier molecular flexibility index (Phi) is 4.39. The third-order valence-corrected chi connectivity index (χ3v) is 3.70. The molecule has 1 rings (SSSR count). The highest BCUT2D eigenvalue weighted by atomic mass is 16.3. The zero-order chi connectivity index (χ0) is 10.6. The molecule has 2 N–H and O–H groups in total. The van der Waals surface area contributed by atoms with Crippen molar-refractivity contribution < 1.29 is 5.11 Å². The second-order valence-electron chi connectivity index (χ2n) is 5.17. The highest BCUT2D eigenvalue weighted by Gasteiger charge is 2.26. The highest BCUT2D eigenvalue weighted by molar-refractivity contribution is 4.86. The minimum atomic E-state index is -0.0642. The van der Waals surface area contributed by atoms with Crippen molar-refractivity contribution in [2.45, 2.75) is 64.5 Å². The molecule has 1 saturated carbocycles. The average Bonchev–Trinajstić information content (AvgIpc) is 2.21. The molecule has 0 amide bonds. The van der Waals surface area contributed by atoms with Crippen molar-refractivity contribution in [2.75, 3.05) is 6.61 Å². The Morgan fingerprint density at radius 1 is 1.29 bits per heavy atom. The number of aliphatic hydroxyl groups is 1. The van der Waals surface area contributed by atoms with E-state index in [0.717, 1.165) is 12.3 Å². The molecular weight excluding hydrogens is 174 g/mol. The van der Waals surface area contributed by atoms with E-state index in [9.17, 15) is 5.11 Å². The Morgan fingerprint density at radius 3 is 2.29 bits per heavy atom. The second-order valence-corrected chi connectivity index (χ2v) is 5.17. The normalized spacial score (nSPS) is 32.6. The summed E-state index contributed by atoms with van der Waals surface area (Å²) in [7, 11) is 0. The van der Waals surface area contributed by atoms with Crippen LogP contribution in [-0.2, 0) is 0 Å². The third-order valence-electron chi connectivity index (χ3n) is 3.70. The quantitative estimate of drug-likeness (QED) is 0.728. The Labute approximate surface area is 88.1 Å². The lowest BCUT2D eigenvalue weighted by Gasteiger charge is -2.36. The summed E-state index contributed by atoms with van der Waals surface area (Å²) in [5, 5.41) is 12.9. The van der Waals surface area contributed by atoms with Gasteiger partial charge in [-0.1, -0.05) is 13.8 Å². The molecule has 1 unspecified atom stereocenters. The summed E-state index contributed by atoms with van der Waals surface area (Å²) in [6, 6.07) is 0.628. The van der Waals surface area contributed by atoms with Gasteiger partial charge in [0.2, 0.25) is 0 Å². The molecule has 1 aliphatic rings. The Hall–Kier alpha value is -0.0800. The first-order chi connectivity index (χ1) is 6.59. The third kappa shape index (κ3) is 3.25. The lowest BCUT2D eigenvalue weighted by atomic mass is 9.85. The van der Waals surface area contributed by atoms with Crippen molar-refractivity contribution in [3.05, 3.63) is 0 Å². The van der Waals surface area contributed by atoms with E-state index in [4.69, 9.17) is 0 Å². The molecule has 1 fully saturated rings. The molecule has 2 nitrogen and oxygen atoms in total. The molecule has 0 aliphatic heterocycles. The van der Waals surface area contributed by atoms with Gasteiger partial charge in [0, 0.05) is 11.6 Å². The molecule has 0 saturated heterocycles. The van der Waals surface area contributed by atoms with E-state index in [1.807, 2.05) is 0 Å². The molecule has 0 radical (unpaired) electrons. The summed E-state index contributed by atoms with van der Waals surface area (Å²) in [6.07, 6.45) is 6.22. The number of aliphatic hydroxyl groups excluding tert-OH is 1. The largest absolute Gasteiger partial charge is 0.394 e. The number of hydrogen-bond acceptors (Lipinski definition) is 2. The monoisotopic (exact) mass is 199 g/mol. The van der Waals surface area contributed by atoms with Gasteiger partial charge < -0.3 is 10.4 Å². The Morgan fingerprint density at radius 2 is 1.86 bits per heavy atom. The van der Waals surface area contributed by atoms with Gasteiger partial charge in [0.05, 0.1) is 6.61 Å². The number of nitrogens with one attached hydrogen (secondary N) is 1. The average molecular weight is 199 g/mol. The van der Waals surface area contributed by atoms with Gasteiger partial charge >= 0.3 is 0 Å². The molecule has 0 bridgehead atoms. The summed E-state index contributed by atoms with van der Waals surface area (Å²) in [6.45, 7) is 6.83. The van der Waals surface area contributed by atoms with Gasteiger partial charge in [-0.2, -0.15) is 0 Å². The van der Waals surface area contributed by atoms with Crippen LogP contribution >= 0.6 is 0 Å². The van der Waals surface area contributed by atoms with Crippen molar-refractivity contribution in [1.29, 1.82) is 0 Å². The number of hydrogen-bond donors (Lipinski definition) is 2. The van der Waals surface area contributed by atoms with Gasteiger partial charge in [-0.05, 0) is 44.9 Å². The van der Waals surface area contributed by atoms with Crippen LogP contribution in [0, 0.1) is 5.92 Å². The van der Waals surface area contributed by atoms with E-state index >= 15 is 0 Å². The lowest BCUT2D eigenvalue weighted by Crippen LogP contribution is -2.51. The molecule has 1 atom stereocenters. The van der Waals surface area contributed by atoms with Crippen LogP contribution in [0.1, 0.15) is 52.9 Å². The first kappa shape index (κ1) is 12.0. The zero-order valence-corrected chi connectivity index (χ0v) is 9.84. The molecule has 1 aliphatic carbocycles. The van der Waals surface area contributed by atoms with Gasteiger partial charge in [0.25, 0.3) is 0 Å². The summed E-state index contributed by atoms with van der Waals surface area (Å²) in [5.74, 6) is 0.898.